The first kappa shape index (κ1) is 16.7. The van der Waals surface area contributed by atoms with E-state index < -0.39 is 10.8 Å². The third kappa shape index (κ3) is 3.51. The number of benzene rings is 2. The molecule has 0 saturated heterocycles. The number of halogens is 1. The summed E-state index contributed by atoms with van der Waals surface area (Å²) < 4.78 is 5.25. The Hall–Kier alpha value is -3.19. The monoisotopic (exact) mass is 357 g/mol. The van der Waals surface area contributed by atoms with E-state index in [0.29, 0.717) is 21.8 Å². The van der Waals surface area contributed by atoms with Gasteiger partial charge in [-0.25, -0.2) is 0 Å². The Bertz CT molecular complexity index is 968. The lowest BCUT2D eigenvalue weighted by atomic mass is 10.1. The number of nitrogens with zero attached hydrogens (tertiary/aromatic N) is 2. The molecule has 0 atom stereocenters. The van der Waals surface area contributed by atoms with Gasteiger partial charge in [-0.05, 0) is 25.1 Å². The number of amides is 1. The van der Waals surface area contributed by atoms with Gasteiger partial charge >= 0.3 is 6.01 Å². The third-order valence-electron chi connectivity index (χ3n) is 3.53. The molecule has 0 bridgehead atoms. The van der Waals surface area contributed by atoms with E-state index in [4.69, 9.17) is 16.0 Å². The number of nitrogens with one attached hydrogen (secondary N) is 1. The minimum absolute atomic E-state index is 0.0101. The molecule has 1 amide bonds. The van der Waals surface area contributed by atoms with Gasteiger partial charge in [-0.1, -0.05) is 29.8 Å². The first-order chi connectivity index (χ1) is 12.0. The number of oxazole rings is 1. The van der Waals surface area contributed by atoms with Gasteiger partial charge in [-0.2, -0.15) is 4.98 Å². The number of carbonyl (C=O) groups excluding carboxylic acids is 1. The molecular weight excluding hydrogens is 346 g/mol. The average Bonchev–Trinajstić information content (AvgIpc) is 3.03. The Morgan fingerprint density at radius 1 is 1.28 bits per heavy atom. The molecule has 25 heavy (non-hydrogen) atoms. The predicted octanol–water partition coefficient (Wildman–Crippen LogP) is 4.46. The Labute approximate surface area is 147 Å². The van der Waals surface area contributed by atoms with Gasteiger partial charge < -0.3 is 4.42 Å². The minimum Gasteiger partial charge on any atom is -0.431 e. The van der Waals surface area contributed by atoms with E-state index in [1.807, 2.05) is 6.07 Å². The molecule has 1 heterocycles. The van der Waals surface area contributed by atoms with Crippen molar-refractivity contribution in [2.45, 2.75) is 6.92 Å². The number of aryl methyl sites for hydroxylation is 1. The van der Waals surface area contributed by atoms with Crippen LogP contribution >= 0.6 is 11.6 Å². The lowest BCUT2D eigenvalue weighted by molar-refractivity contribution is -0.385. The van der Waals surface area contributed by atoms with Crippen LogP contribution in [0.15, 0.2) is 53.1 Å². The fraction of sp³-hybridized carbons (Fsp3) is 0.0588. The third-order valence-corrected chi connectivity index (χ3v) is 3.86. The summed E-state index contributed by atoms with van der Waals surface area (Å²) >= 11 is 6.10. The first-order valence-corrected chi connectivity index (χ1v) is 7.60. The summed E-state index contributed by atoms with van der Waals surface area (Å²) in [5.74, 6) is -0.481. The van der Waals surface area contributed by atoms with Crippen molar-refractivity contribution in [2.75, 3.05) is 5.32 Å². The van der Waals surface area contributed by atoms with Gasteiger partial charge in [0.05, 0.1) is 9.95 Å². The molecule has 0 aliphatic rings. The van der Waals surface area contributed by atoms with Crippen molar-refractivity contribution in [3.8, 4) is 11.3 Å². The minimum atomic E-state index is -0.499. The average molecular weight is 358 g/mol. The molecule has 3 rings (SSSR count). The second-order valence-electron chi connectivity index (χ2n) is 5.23. The summed E-state index contributed by atoms with van der Waals surface area (Å²) in [7, 11) is 0. The Kier molecular flexibility index (Phi) is 4.49. The standard InChI is InChI=1S/C17H12ClN3O4/c1-10-8-11(6-7-15(10)21(23)24)16(22)20-17-19-14(9-25-17)12-4-2-3-5-13(12)18/h2-9H,1H3,(H,19,20,22). The SMILES string of the molecule is Cc1cc(C(=O)Nc2nc(-c3ccccc3Cl)co2)ccc1[N+](=O)[O-]. The fourth-order valence-corrected chi connectivity index (χ4v) is 2.53. The van der Waals surface area contributed by atoms with Crippen molar-refractivity contribution in [3.05, 3.63) is 75.0 Å². The molecule has 8 heteroatoms. The molecule has 0 unspecified atom stereocenters. The molecule has 0 saturated carbocycles. The highest BCUT2D eigenvalue weighted by Crippen LogP contribution is 2.28. The van der Waals surface area contributed by atoms with Crippen LogP contribution in [0.5, 0.6) is 0 Å². The maximum Gasteiger partial charge on any atom is 0.302 e. The van der Waals surface area contributed by atoms with Crippen LogP contribution < -0.4 is 5.32 Å². The molecule has 1 aromatic heterocycles. The van der Waals surface area contributed by atoms with Crippen LogP contribution in [0.25, 0.3) is 11.3 Å². The van der Waals surface area contributed by atoms with Gasteiger partial charge in [-0.15, -0.1) is 0 Å². The van der Waals surface area contributed by atoms with Gasteiger partial charge in [0.25, 0.3) is 11.6 Å². The maximum absolute atomic E-state index is 12.3. The van der Waals surface area contributed by atoms with E-state index in [0.717, 1.165) is 0 Å². The van der Waals surface area contributed by atoms with E-state index in [2.05, 4.69) is 10.3 Å². The smallest absolute Gasteiger partial charge is 0.302 e. The number of nitro groups is 1. The zero-order chi connectivity index (χ0) is 18.0. The second kappa shape index (κ2) is 6.74. The van der Waals surface area contributed by atoms with Gasteiger partial charge in [0.2, 0.25) is 0 Å². The molecule has 0 aliphatic heterocycles. The summed E-state index contributed by atoms with van der Waals surface area (Å²) in [6.07, 6.45) is 1.39. The lowest BCUT2D eigenvalue weighted by Crippen LogP contribution is -2.12. The molecule has 3 aromatic rings. The van der Waals surface area contributed by atoms with E-state index in [-0.39, 0.29) is 17.3 Å². The van der Waals surface area contributed by atoms with E-state index >= 15 is 0 Å². The van der Waals surface area contributed by atoms with Crippen LogP contribution in [-0.2, 0) is 0 Å². The Balaban J connectivity index is 1.79. The van der Waals surface area contributed by atoms with E-state index in [1.165, 1.54) is 24.5 Å². The number of carbonyl (C=O) groups is 1. The van der Waals surface area contributed by atoms with Crippen LogP contribution in [0.4, 0.5) is 11.7 Å². The molecule has 0 spiro atoms. The van der Waals surface area contributed by atoms with Crippen molar-refractivity contribution in [1.29, 1.82) is 0 Å². The summed E-state index contributed by atoms with van der Waals surface area (Å²) in [4.78, 5) is 26.8. The highest BCUT2D eigenvalue weighted by atomic mass is 35.5. The molecule has 7 nitrogen and oxygen atoms in total. The summed E-state index contributed by atoms with van der Waals surface area (Å²) in [5.41, 5.74) is 1.77. The molecule has 0 fully saturated rings. The molecule has 1 N–H and O–H groups in total. The van der Waals surface area contributed by atoms with Crippen molar-refractivity contribution in [1.82, 2.24) is 4.98 Å². The largest absolute Gasteiger partial charge is 0.431 e. The number of anilines is 1. The molecular formula is C17H12ClN3O4. The normalized spacial score (nSPS) is 10.5. The molecule has 126 valence electrons. The first-order valence-electron chi connectivity index (χ1n) is 7.22. The molecule has 2 aromatic carbocycles. The van der Waals surface area contributed by atoms with Crippen molar-refractivity contribution in [3.63, 3.8) is 0 Å². The number of hydrogen-bond acceptors (Lipinski definition) is 5. The van der Waals surface area contributed by atoms with Crippen LogP contribution in [-0.4, -0.2) is 15.8 Å². The van der Waals surface area contributed by atoms with Crippen molar-refractivity contribution in [2.24, 2.45) is 0 Å². The van der Waals surface area contributed by atoms with Crippen LogP contribution in [0.2, 0.25) is 5.02 Å². The molecule has 0 aliphatic carbocycles. The lowest BCUT2D eigenvalue weighted by Gasteiger charge is -2.03. The van der Waals surface area contributed by atoms with Gasteiger partial charge in [-0.3, -0.25) is 20.2 Å². The summed E-state index contributed by atoms with van der Waals surface area (Å²) in [6.45, 7) is 1.57. The molecule has 0 radical (unpaired) electrons. The van der Waals surface area contributed by atoms with Crippen LogP contribution in [0, 0.1) is 17.0 Å². The Morgan fingerprint density at radius 3 is 2.72 bits per heavy atom. The van der Waals surface area contributed by atoms with Crippen LogP contribution in [0.1, 0.15) is 15.9 Å². The second-order valence-corrected chi connectivity index (χ2v) is 5.64. The van der Waals surface area contributed by atoms with Crippen molar-refractivity contribution < 1.29 is 14.1 Å². The topological polar surface area (TPSA) is 98.3 Å². The van der Waals surface area contributed by atoms with Crippen LogP contribution in [0.3, 0.4) is 0 Å². The van der Waals surface area contributed by atoms with Gasteiger partial charge in [0.1, 0.15) is 12.0 Å². The summed E-state index contributed by atoms with van der Waals surface area (Å²) in [6, 6.07) is 11.2. The highest BCUT2D eigenvalue weighted by Gasteiger charge is 2.16. The zero-order valence-corrected chi connectivity index (χ0v) is 13.8. The Morgan fingerprint density at radius 2 is 2.04 bits per heavy atom. The van der Waals surface area contributed by atoms with Gasteiger partial charge in [0.15, 0.2) is 0 Å². The highest BCUT2D eigenvalue weighted by molar-refractivity contribution is 6.33. The fourth-order valence-electron chi connectivity index (χ4n) is 2.29. The van der Waals surface area contributed by atoms with E-state index in [1.54, 1.807) is 25.1 Å². The number of rotatable bonds is 4. The maximum atomic E-state index is 12.3. The predicted molar refractivity (Wildman–Crippen MR) is 92.7 cm³/mol. The van der Waals surface area contributed by atoms with Gasteiger partial charge in [0, 0.05) is 22.8 Å². The number of nitro benzene ring substituents is 1. The van der Waals surface area contributed by atoms with Crippen molar-refractivity contribution >= 4 is 29.2 Å². The quantitative estimate of drug-likeness (QED) is 0.549. The summed E-state index contributed by atoms with van der Waals surface area (Å²) in [5, 5.41) is 13.9. The zero-order valence-electron chi connectivity index (χ0n) is 13.0. The number of aromatic nitrogens is 1. The number of hydrogen-bond donors (Lipinski definition) is 1. The van der Waals surface area contributed by atoms with E-state index in [9.17, 15) is 14.9 Å².